The smallest absolute Gasteiger partial charge is 0.412 e. The molecule has 1 aromatic carbocycles. The van der Waals surface area contributed by atoms with Crippen LogP contribution in [0.3, 0.4) is 0 Å². The van der Waals surface area contributed by atoms with Gasteiger partial charge in [-0.2, -0.15) is 5.26 Å². The van der Waals surface area contributed by atoms with Crippen molar-refractivity contribution in [2.45, 2.75) is 26.2 Å². The second kappa shape index (κ2) is 8.94. The van der Waals surface area contributed by atoms with Gasteiger partial charge in [0, 0.05) is 24.1 Å². The van der Waals surface area contributed by atoms with Gasteiger partial charge >= 0.3 is 6.09 Å². The Labute approximate surface area is 172 Å². The molecule has 9 heteroatoms. The van der Waals surface area contributed by atoms with Gasteiger partial charge in [-0.3, -0.25) is 4.79 Å². The number of nitriles is 1. The lowest BCUT2D eigenvalue weighted by Crippen LogP contribution is -2.37. The minimum atomic E-state index is -0.639. The van der Waals surface area contributed by atoms with E-state index in [4.69, 9.17) is 14.2 Å². The van der Waals surface area contributed by atoms with Gasteiger partial charge in [-0.15, -0.1) is 11.3 Å². The first-order chi connectivity index (χ1) is 14.0. The molecular formula is C20H21N3O5S. The summed E-state index contributed by atoms with van der Waals surface area (Å²) in [6.07, 6.45) is -0.598. The molecule has 1 N–H and O–H groups in total. The van der Waals surface area contributed by atoms with Gasteiger partial charge in [0.05, 0.1) is 19.2 Å². The number of amides is 2. The fourth-order valence-corrected chi connectivity index (χ4v) is 4.18. The van der Waals surface area contributed by atoms with Crippen LogP contribution in [0.15, 0.2) is 24.3 Å². The molecule has 0 bridgehead atoms. The Bertz CT molecular complexity index is 966. The molecule has 0 saturated carbocycles. The standard InChI is InChI=1S/C20H21N3O5S/c1-12(26-2)28-20(25)23-8-7-15-16(10-21)19(29-17(15)11-23)22-18(24)13-5-4-6-14(9-13)27-3/h4-6,9,12H,7-8,11H2,1-3H3,(H,22,24). The second-order valence-corrected chi connectivity index (χ2v) is 7.47. The maximum Gasteiger partial charge on any atom is 0.412 e. The van der Waals surface area contributed by atoms with Crippen molar-refractivity contribution in [3.05, 3.63) is 45.8 Å². The van der Waals surface area contributed by atoms with Crippen molar-refractivity contribution < 1.29 is 23.8 Å². The van der Waals surface area contributed by atoms with Gasteiger partial charge in [0.1, 0.15) is 16.8 Å². The summed E-state index contributed by atoms with van der Waals surface area (Å²) < 4.78 is 15.3. The summed E-state index contributed by atoms with van der Waals surface area (Å²) in [5, 5.41) is 12.9. The third kappa shape index (κ3) is 4.50. The van der Waals surface area contributed by atoms with E-state index in [1.807, 2.05) is 0 Å². The average Bonchev–Trinajstić information content (AvgIpc) is 3.09. The lowest BCUT2D eigenvalue weighted by molar-refractivity contribution is -0.0787. The monoisotopic (exact) mass is 415 g/mol. The van der Waals surface area contributed by atoms with Crippen LogP contribution < -0.4 is 10.1 Å². The lowest BCUT2D eigenvalue weighted by Gasteiger charge is -2.27. The van der Waals surface area contributed by atoms with Gasteiger partial charge in [-0.25, -0.2) is 4.79 Å². The van der Waals surface area contributed by atoms with Gasteiger partial charge in [-0.1, -0.05) is 6.07 Å². The zero-order valence-corrected chi connectivity index (χ0v) is 17.2. The average molecular weight is 415 g/mol. The van der Waals surface area contributed by atoms with E-state index in [9.17, 15) is 14.9 Å². The molecule has 0 spiro atoms. The molecule has 1 atom stereocenters. The number of nitrogens with zero attached hydrogens (tertiary/aromatic N) is 2. The molecule has 2 heterocycles. The number of hydrogen-bond acceptors (Lipinski definition) is 7. The Hall–Kier alpha value is -3.09. The first-order valence-corrected chi connectivity index (χ1v) is 9.76. The number of thiophene rings is 1. The highest BCUT2D eigenvalue weighted by atomic mass is 32.1. The molecule has 1 aliphatic heterocycles. The van der Waals surface area contributed by atoms with Crippen molar-refractivity contribution in [1.29, 1.82) is 5.26 Å². The Balaban J connectivity index is 1.78. The first kappa shape index (κ1) is 20.6. The van der Waals surface area contributed by atoms with Crippen LogP contribution in [0.4, 0.5) is 9.80 Å². The summed E-state index contributed by atoms with van der Waals surface area (Å²) in [4.78, 5) is 27.3. The fraction of sp³-hybridized carbons (Fsp3) is 0.350. The highest BCUT2D eigenvalue weighted by Crippen LogP contribution is 2.37. The summed E-state index contributed by atoms with van der Waals surface area (Å²) in [5.41, 5.74) is 1.74. The number of anilines is 1. The fourth-order valence-electron chi connectivity index (χ4n) is 2.97. The van der Waals surface area contributed by atoms with Crippen molar-refractivity contribution in [3.63, 3.8) is 0 Å². The number of methoxy groups -OCH3 is 2. The van der Waals surface area contributed by atoms with E-state index in [1.54, 1.807) is 36.1 Å². The predicted molar refractivity (Wildman–Crippen MR) is 107 cm³/mol. The van der Waals surface area contributed by atoms with Crippen LogP contribution >= 0.6 is 11.3 Å². The second-order valence-electron chi connectivity index (χ2n) is 6.36. The Morgan fingerprint density at radius 1 is 1.34 bits per heavy atom. The van der Waals surface area contributed by atoms with Gasteiger partial charge in [-0.05, 0) is 37.1 Å². The highest BCUT2D eigenvalue weighted by Gasteiger charge is 2.29. The van der Waals surface area contributed by atoms with Crippen molar-refractivity contribution in [1.82, 2.24) is 4.90 Å². The van der Waals surface area contributed by atoms with Crippen molar-refractivity contribution in [3.8, 4) is 11.8 Å². The zero-order chi connectivity index (χ0) is 21.0. The molecule has 0 saturated heterocycles. The molecule has 0 aliphatic carbocycles. The molecule has 152 valence electrons. The normalized spacial score (nSPS) is 13.8. The van der Waals surface area contributed by atoms with Crippen molar-refractivity contribution in [2.24, 2.45) is 0 Å². The minimum Gasteiger partial charge on any atom is -0.497 e. The third-order valence-corrected chi connectivity index (χ3v) is 5.72. The Morgan fingerprint density at radius 3 is 2.83 bits per heavy atom. The quantitative estimate of drug-likeness (QED) is 0.752. The molecule has 29 heavy (non-hydrogen) atoms. The number of benzene rings is 1. The first-order valence-electron chi connectivity index (χ1n) is 8.95. The van der Waals surface area contributed by atoms with Crippen LogP contribution in [0.5, 0.6) is 5.75 Å². The van der Waals surface area contributed by atoms with Gasteiger partial charge < -0.3 is 24.4 Å². The lowest BCUT2D eigenvalue weighted by atomic mass is 10.0. The maximum atomic E-state index is 12.6. The molecule has 1 aromatic heterocycles. The van der Waals surface area contributed by atoms with Crippen LogP contribution in [0.1, 0.15) is 33.3 Å². The van der Waals surface area contributed by atoms with E-state index in [0.717, 1.165) is 10.4 Å². The van der Waals surface area contributed by atoms with Crippen LogP contribution in [-0.2, 0) is 22.4 Å². The number of carbonyl (C=O) groups excluding carboxylic acids is 2. The number of fused-ring (bicyclic) bond motifs is 1. The molecule has 0 fully saturated rings. The molecule has 8 nitrogen and oxygen atoms in total. The molecule has 0 radical (unpaired) electrons. The molecule has 2 aromatic rings. The van der Waals surface area contributed by atoms with E-state index >= 15 is 0 Å². The SMILES string of the molecule is COc1cccc(C(=O)Nc2sc3c(c2C#N)CCN(C(=O)OC(C)OC)C3)c1. The van der Waals surface area contributed by atoms with Gasteiger partial charge in [0.15, 0.2) is 0 Å². The summed E-state index contributed by atoms with van der Waals surface area (Å²) in [6, 6.07) is 8.96. The summed E-state index contributed by atoms with van der Waals surface area (Å²) in [5.74, 6) is 0.243. The van der Waals surface area contributed by atoms with Crippen molar-refractivity contribution in [2.75, 3.05) is 26.1 Å². The molecule has 1 unspecified atom stereocenters. The summed E-state index contributed by atoms with van der Waals surface area (Å²) in [7, 11) is 2.99. The van der Waals surface area contributed by atoms with E-state index in [1.165, 1.54) is 25.6 Å². The number of nitrogens with one attached hydrogen (secondary N) is 1. The third-order valence-electron chi connectivity index (χ3n) is 4.58. The molecule has 3 rings (SSSR count). The number of rotatable bonds is 5. The van der Waals surface area contributed by atoms with Crippen LogP contribution in [0.25, 0.3) is 0 Å². The molecular weight excluding hydrogens is 394 g/mol. The summed E-state index contributed by atoms with van der Waals surface area (Å²) in [6.45, 7) is 2.38. The largest absolute Gasteiger partial charge is 0.497 e. The van der Waals surface area contributed by atoms with Crippen LogP contribution in [-0.4, -0.2) is 44.0 Å². The van der Waals surface area contributed by atoms with Crippen LogP contribution in [0, 0.1) is 11.3 Å². The molecule has 1 aliphatic rings. The van der Waals surface area contributed by atoms with E-state index in [0.29, 0.717) is 41.4 Å². The van der Waals surface area contributed by atoms with E-state index < -0.39 is 12.4 Å². The predicted octanol–water partition coefficient (Wildman–Crippen LogP) is 3.37. The van der Waals surface area contributed by atoms with Crippen LogP contribution in [0.2, 0.25) is 0 Å². The number of hydrogen-bond donors (Lipinski definition) is 1. The number of carbonyl (C=O) groups is 2. The summed E-state index contributed by atoms with van der Waals surface area (Å²) >= 11 is 1.30. The number of ether oxygens (including phenoxy) is 3. The van der Waals surface area contributed by atoms with Crippen molar-refractivity contribution >= 4 is 28.3 Å². The Morgan fingerprint density at radius 2 is 2.14 bits per heavy atom. The Kier molecular flexibility index (Phi) is 6.36. The van der Waals surface area contributed by atoms with E-state index in [2.05, 4.69) is 11.4 Å². The zero-order valence-electron chi connectivity index (χ0n) is 16.4. The van der Waals surface area contributed by atoms with Gasteiger partial charge in [0.2, 0.25) is 6.29 Å². The topological polar surface area (TPSA) is 101 Å². The minimum absolute atomic E-state index is 0.318. The van der Waals surface area contributed by atoms with E-state index in [-0.39, 0.29) is 5.91 Å². The highest BCUT2D eigenvalue weighted by molar-refractivity contribution is 7.16. The maximum absolute atomic E-state index is 12.6. The van der Waals surface area contributed by atoms with Gasteiger partial charge in [0.25, 0.3) is 5.91 Å². The molecule has 2 amide bonds.